The van der Waals surface area contributed by atoms with Gasteiger partial charge in [0, 0.05) is 23.9 Å². The molecule has 3 aromatic heterocycles. The van der Waals surface area contributed by atoms with Gasteiger partial charge in [-0.15, -0.1) is 0 Å². The van der Waals surface area contributed by atoms with E-state index in [0.717, 1.165) is 75.5 Å². The second-order valence-corrected chi connectivity index (χ2v) is 8.11. The Labute approximate surface area is 186 Å². The van der Waals surface area contributed by atoms with Crippen molar-refractivity contribution in [3.05, 3.63) is 71.5 Å². The van der Waals surface area contributed by atoms with Crippen molar-refractivity contribution < 1.29 is 9.26 Å². The fourth-order valence-electron chi connectivity index (χ4n) is 4.47. The van der Waals surface area contributed by atoms with Crippen LogP contribution in [0, 0.1) is 13.8 Å². The fourth-order valence-corrected chi connectivity index (χ4v) is 4.47. The standard InChI is InChI=1S/C26H26N4O2/c1-5-9-24-28-22-14-27-21-12-20(25-16(2)29-32-17(25)3)23(31-4)13-19(21)26(22)30(24)15-18-10-7-6-8-11-18/h6-8,10-14H,5,9,15H2,1-4H3. The van der Waals surface area contributed by atoms with E-state index in [4.69, 9.17) is 19.2 Å². The van der Waals surface area contributed by atoms with E-state index in [2.05, 4.69) is 53.0 Å². The number of ether oxygens (including phenoxy) is 1. The number of nitrogens with zero attached hydrogens (tertiary/aromatic N) is 4. The zero-order chi connectivity index (χ0) is 22.2. The van der Waals surface area contributed by atoms with E-state index in [-0.39, 0.29) is 0 Å². The van der Waals surface area contributed by atoms with Gasteiger partial charge in [-0.05, 0) is 38.0 Å². The zero-order valence-electron chi connectivity index (χ0n) is 18.8. The van der Waals surface area contributed by atoms with Gasteiger partial charge in [0.25, 0.3) is 0 Å². The Hall–Kier alpha value is -3.67. The van der Waals surface area contributed by atoms with E-state index in [1.807, 2.05) is 26.1 Å². The summed E-state index contributed by atoms with van der Waals surface area (Å²) in [5, 5.41) is 5.15. The molecule has 6 heteroatoms. The Morgan fingerprint density at radius 2 is 1.88 bits per heavy atom. The van der Waals surface area contributed by atoms with Gasteiger partial charge in [-0.2, -0.15) is 0 Å². The fraction of sp³-hybridized carbons (Fsp3) is 0.269. The van der Waals surface area contributed by atoms with Crippen molar-refractivity contribution in [1.29, 1.82) is 0 Å². The zero-order valence-corrected chi connectivity index (χ0v) is 18.8. The summed E-state index contributed by atoms with van der Waals surface area (Å²) in [4.78, 5) is 9.69. The van der Waals surface area contributed by atoms with E-state index in [9.17, 15) is 0 Å². The molecule has 5 aromatic rings. The third-order valence-electron chi connectivity index (χ3n) is 5.93. The topological polar surface area (TPSA) is 66.0 Å². The minimum atomic E-state index is 0.764. The summed E-state index contributed by atoms with van der Waals surface area (Å²) in [5.41, 5.74) is 6.86. The molecule has 0 N–H and O–H groups in total. The number of fused-ring (bicyclic) bond motifs is 3. The number of hydrogen-bond acceptors (Lipinski definition) is 5. The number of methoxy groups -OCH3 is 1. The highest BCUT2D eigenvalue weighted by molar-refractivity contribution is 6.05. The van der Waals surface area contributed by atoms with E-state index >= 15 is 0 Å². The van der Waals surface area contributed by atoms with Gasteiger partial charge in [-0.1, -0.05) is 42.4 Å². The molecule has 162 valence electrons. The number of hydrogen-bond donors (Lipinski definition) is 0. The van der Waals surface area contributed by atoms with Crippen LogP contribution in [0.4, 0.5) is 0 Å². The van der Waals surface area contributed by atoms with Crippen molar-refractivity contribution in [2.45, 2.75) is 40.2 Å². The van der Waals surface area contributed by atoms with Gasteiger partial charge in [0.15, 0.2) is 0 Å². The predicted molar refractivity (Wildman–Crippen MR) is 126 cm³/mol. The molecular weight excluding hydrogens is 400 g/mol. The molecule has 2 aromatic carbocycles. The average Bonchev–Trinajstić information content (AvgIpc) is 3.33. The van der Waals surface area contributed by atoms with Crippen LogP contribution in [0.25, 0.3) is 33.1 Å². The Balaban J connectivity index is 1.78. The maximum atomic E-state index is 5.82. The quantitative estimate of drug-likeness (QED) is 0.340. The second-order valence-electron chi connectivity index (χ2n) is 8.11. The predicted octanol–water partition coefficient (Wildman–Crippen LogP) is 5.87. The molecule has 5 rings (SSSR count). The van der Waals surface area contributed by atoms with Gasteiger partial charge in [0.05, 0.1) is 35.6 Å². The van der Waals surface area contributed by atoms with Gasteiger partial charge < -0.3 is 13.8 Å². The van der Waals surface area contributed by atoms with Crippen LogP contribution in [-0.2, 0) is 13.0 Å². The Morgan fingerprint density at radius 1 is 1.06 bits per heavy atom. The van der Waals surface area contributed by atoms with Crippen molar-refractivity contribution in [2.75, 3.05) is 7.11 Å². The van der Waals surface area contributed by atoms with Crippen LogP contribution in [0.5, 0.6) is 5.75 Å². The first-order chi connectivity index (χ1) is 15.6. The number of aromatic nitrogens is 4. The molecule has 0 radical (unpaired) electrons. The first kappa shape index (κ1) is 20.2. The number of benzene rings is 2. The van der Waals surface area contributed by atoms with Gasteiger partial charge in [-0.3, -0.25) is 4.98 Å². The van der Waals surface area contributed by atoms with E-state index in [1.165, 1.54) is 5.56 Å². The molecule has 6 nitrogen and oxygen atoms in total. The SMILES string of the molecule is CCCc1nc2cnc3cc(-c4c(C)noc4C)c(OC)cc3c2n1Cc1ccccc1. The minimum Gasteiger partial charge on any atom is -0.496 e. The molecule has 0 saturated heterocycles. The van der Waals surface area contributed by atoms with Crippen molar-refractivity contribution >= 4 is 21.9 Å². The Bertz CT molecular complexity index is 1400. The molecule has 0 saturated carbocycles. The number of imidazole rings is 1. The molecule has 0 bridgehead atoms. The van der Waals surface area contributed by atoms with Crippen molar-refractivity contribution in [3.63, 3.8) is 0 Å². The molecule has 0 aliphatic carbocycles. The summed E-state index contributed by atoms with van der Waals surface area (Å²) < 4.78 is 13.6. The molecule has 0 amide bonds. The highest BCUT2D eigenvalue weighted by Crippen LogP contribution is 2.39. The molecule has 0 unspecified atom stereocenters. The Morgan fingerprint density at radius 3 is 2.56 bits per heavy atom. The first-order valence-corrected chi connectivity index (χ1v) is 10.9. The maximum Gasteiger partial charge on any atom is 0.141 e. The van der Waals surface area contributed by atoms with Crippen LogP contribution in [0.15, 0.2) is 53.2 Å². The summed E-state index contributed by atoms with van der Waals surface area (Å²) in [6, 6.07) is 14.6. The minimum absolute atomic E-state index is 0.764. The van der Waals surface area contributed by atoms with Crippen LogP contribution >= 0.6 is 0 Å². The lowest BCUT2D eigenvalue weighted by Crippen LogP contribution is -2.05. The van der Waals surface area contributed by atoms with Gasteiger partial charge >= 0.3 is 0 Å². The lowest BCUT2D eigenvalue weighted by atomic mass is 10.0. The number of rotatable bonds is 6. The second kappa shape index (κ2) is 8.11. The summed E-state index contributed by atoms with van der Waals surface area (Å²) in [7, 11) is 1.69. The molecule has 32 heavy (non-hydrogen) atoms. The van der Waals surface area contributed by atoms with Crippen LogP contribution in [-0.4, -0.2) is 26.8 Å². The van der Waals surface area contributed by atoms with Crippen molar-refractivity contribution in [3.8, 4) is 16.9 Å². The molecule has 0 atom stereocenters. The van der Waals surface area contributed by atoms with Gasteiger partial charge in [0.2, 0.25) is 0 Å². The number of aryl methyl sites for hydroxylation is 3. The van der Waals surface area contributed by atoms with Crippen molar-refractivity contribution in [1.82, 2.24) is 19.7 Å². The van der Waals surface area contributed by atoms with Gasteiger partial charge in [-0.25, -0.2) is 4.98 Å². The van der Waals surface area contributed by atoms with E-state index < -0.39 is 0 Å². The molecule has 0 spiro atoms. The van der Waals surface area contributed by atoms with Crippen LogP contribution in [0.3, 0.4) is 0 Å². The normalized spacial score (nSPS) is 11.5. The van der Waals surface area contributed by atoms with Crippen LogP contribution in [0.1, 0.15) is 36.2 Å². The summed E-state index contributed by atoms with van der Waals surface area (Å²) >= 11 is 0. The lowest BCUT2D eigenvalue weighted by Gasteiger charge is -2.13. The smallest absolute Gasteiger partial charge is 0.141 e. The molecule has 0 aliphatic heterocycles. The first-order valence-electron chi connectivity index (χ1n) is 10.9. The third kappa shape index (κ3) is 3.32. The van der Waals surface area contributed by atoms with E-state index in [1.54, 1.807) is 7.11 Å². The van der Waals surface area contributed by atoms with Crippen LogP contribution < -0.4 is 4.74 Å². The monoisotopic (exact) mass is 426 g/mol. The summed E-state index contributed by atoms with van der Waals surface area (Å²) in [6.45, 7) is 6.81. The molecule has 0 fully saturated rings. The Kier molecular flexibility index (Phi) is 5.13. The lowest BCUT2D eigenvalue weighted by molar-refractivity contribution is 0.393. The van der Waals surface area contributed by atoms with E-state index in [0.29, 0.717) is 0 Å². The summed E-state index contributed by atoms with van der Waals surface area (Å²) in [6.07, 6.45) is 3.82. The molecular formula is C26H26N4O2. The molecule has 3 heterocycles. The van der Waals surface area contributed by atoms with Crippen LogP contribution in [0.2, 0.25) is 0 Å². The third-order valence-corrected chi connectivity index (χ3v) is 5.93. The number of pyridine rings is 1. The maximum absolute atomic E-state index is 5.82. The highest BCUT2D eigenvalue weighted by atomic mass is 16.5. The summed E-state index contributed by atoms with van der Waals surface area (Å²) in [5.74, 6) is 2.61. The average molecular weight is 427 g/mol. The van der Waals surface area contributed by atoms with Gasteiger partial charge in [0.1, 0.15) is 22.9 Å². The highest BCUT2D eigenvalue weighted by Gasteiger charge is 2.20. The molecule has 0 aliphatic rings. The van der Waals surface area contributed by atoms with Crippen molar-refractivity contribution in [2.24, 2.45) is 0 Å². The largest absolute Gasteiger partial charge is 0.496 e.